The SMILES string of the molecule is CSc1cc(N)nc(SCCc2cc3c(cn2)OCC3)n1. The van der Waals surface area contributed by atoms with Crippen molar-refractivity contribution >= 4 is 29.3 Å². The van der Waals surface area contributed by atoms with E-state index in [1.807, 2.05) is 12.5 Å². The summed E-state index contributed by atoms with van der Waals surface area (Å²) in [5.74, 6) is 2.32. The highest BCUT2D eigenvalue weighted by Gasteiger charge is 2.13. The van der Waals surface area contributed by atoms with Crippen molar-refractivity contribution in [2.24, 2.45) is 0 Å². The van der Waals surface area contributed by atoms with Crippen molar-refractivity contribution in [3.63, 3.8) is 0 Å². The predicted molar refractivity (Wildman–Crippen MR) is 86.1 cm³/mol. The third-order valence-corrected chi connectivity index (χ3v) is 4.61. The number of hydrogen-bond acceptors (Lipinski definition) is 7. The summed E-state index contributed by atoms with van der Waals surface area (Å²) in [6.07, 6.45) is 5.66. The predicted octanol–water partition coefficient (Wildman–Crippen LogP) is 2.45. The molecular formula is C14H16N4OS2. The lowest BCUT2D eigenvalue weighted by Gasteiger charge is -2.05. The summed E-state index contributed by atoms with van der Waals surface area (Å²) < 4.78 is 5.46. The van der Waals surface area contributed by atoms with E-state index < -0.39 is 0 Å². The Morgan fingerprint density at radius 1 is 1.33 bits per heavy atom. The quantitative estimate of drug-likeness (QED) is 0.515. The number of hydrogen-bond donors (Lipinski definition) is 1. The molecule has 0 saturated heterocycles. The van der Waals surface area contributed by atoms with Gasteiger partial charge in [-0.1, -0.05) is 11.8 Å². The highest BCUT2D eigenvalue weighted by atomic mass is 32.2. The maximum atomic E-state index is 5.78. The zero-order valence-electron chi connectivity index (χ0n) is 11.7. The monoisotopic (exact) mass is 320 g/mol. The number of pyridine rings is 1. The van der Waals surface area contributed by atoms with Crippen molar-refractivity contribution in [2.45, 2.75) is 23.0 Å². The highest BCUT2D eigenvalue weighted by molar-refractivity contribution is 7.99. The van der Waals surface area contributed by atoms with Gasteiger partial charge in [0.25, 0.3) is 0 Å². The van der Waals surface area contributed by atoms with Gasteiger partial charge in [0.05, 0.1) is 12.8 Å². The van der Waals surface area contributed by atoms with Gasteiger partial charge >= 0.3 is 0 Å². The summed E-state index contributed by atoms with van der Waals surface area (Å²) in [6, 6.07) is 3.92. The number of anilines is 1. The highest BCUT2D eigenvalue weighted by Crippen LogP contribution is 2.25. The van der Waals surface area contributed by atoms with Gasteiger partial charge in [0.1, 0.15) is 16.6 Å². The summed E-state index contributed by atoms with van der Waals surface area (Å²) in [5, 5.41) is 1.63. The second-order valence-corrected chi connectivity index (χ2v) is 6.49. The van der Waals surface area contributed by atoms with Gasteiger partial charge in [0, 0.05) is 29.5 Å². The first-order valence-corrected chi connectivity index (χ1v) is 8.87. The maximum Gasteiger partial charge on any atom is 0.190 e. The van der Waals surface area contributed by atoms with Crippen LogP contribution < -0.4 is 10.5 Å². The van der Waals surface area contributed by atoms with Crippen LogP contribution in [0.2, 0.25) is 0 Å². The van der Waals surface area contributed by atoms with Crippen molar-refractivity contribution < 1.29 is 4.74 Å². The third kappa shape index (κ3) is 3.59. The van der Waals surface area contributed by atoms with E-state index in [0.717, 1.165) is 46.8 Å². The van der Waals surface area contributed by atoms with Crippen LogP contribution in [-0.4, -0.2) is 33.6 Å². The Kier molecular flexibility index (Phi) is 4.50. The summed E-state index contributed by atoms with van der Waals surface area (Å²) in [7, 11) is 0. The van der Waals surface area contributed by atoms with Crippen LogP contribution in [0.15, 0.2) is 28.5 Å². The average Bonchev–Trinajstić information content (AvgIpc) is 2.94. The fourth-order valence-corrected chi connectivity index (χ4v) is 3.40. The molecule has 0 saturated carbocycles. The molecule has 3 rings (SSSR count). The fourth-order valence-electron chi connectivity index (χ4n) is 2.10. The van der Waals surface area contributed by atoms with Crippen LogP contribution >= 0.6 is 23.5 Å². The number of aryl methyl sites for hydroxylation is 1. The Labute approximate surface area is 132 Å². The third-order valence-electron chi connectivity index (χ3n) is 3.13. The van der Waals surface area contributed by atoms with Gasteiger partial charge in [0.15, 0.2) is 5.16 Å². The molecule has 0 bridgehead atoms. The minimum Gasteiger partial charge on any atom is -0.491 e. The van der Waals surface area contributed by atoms with Gasteiger partial charge in [-0.05, 0) is 18.7 Å². The Balaban J connectivity index is 1.60. The first kappa shape index (κ1) is 14.5. The average molecular weight is 320 g/mol. The molecule has 0 aliphatic carbocycles. The lowest BCUT2D eigenvalue weighted by atomic mass is 10.1. The number of nitrogen functional groups attached to an aromatic ring is 1. The van der Waals surface area contributed by atoms with Crippen molar-refractivity contribution in [1.29, 1.82) is 0 Å². The van der Waals surface area contributed by atoms with E-state index in [1.165, 1.54) is 5.56 Å². The van der Waals surface area contributed by atoms with Crippen LogP contribution in [0, 0.1) is 0 Å². The second-order valence-electron chi connectivity index (χ2n) is 4.60. The van der Waals surface area contributed by atoms with Gasteiger partial charge in [-0.25, -0.2) is 9.97 Å². The zero-order chi connectivity index (χ0) is 14.7. The number of aromatic nitrogens is 3. The van der Waals surface area contributed by atoms with Crippen LogP contribution in [-0.2, 0) is 12.8 Å². The number of rotatable bonds is 5. The van der Waals surface area contributed by atoms with E-state index in [1.54, 1.807) is 29.6 Å². The van der Waals surface area contributed by atoms with E-state index in [9.17, 15) is 0 Å². The van der Waals surface area contributed by atoms with E-state index in [4.69, 9.17) is 10.5 Å². The molecule has 110 valence electrons. The Morgan fingerprint density at radius 2 is 2.24 bits per heavy atom. The largest absolute Gasteiger partial charge is 0.491 e. The molecule has 2 aromatic rings. The van der Waals surface area contributed by atoms with Crippen molar-refractivity contribution in [3.05, 3.63) is 29.6 Å². The van der Waals surface area contributed by atoms with E-state index in [0.29, 0.717) is 5.82 Å². The molecule has 0 spiro atoms. The van der Waals surface area contributed by atoms with E-state index in [-0.39, 0.29) is 0 Å². The van der Waals surface area contributed by atoms with Gasteiger partial charge in [-0.15, -0.1) is 11.8 Å². The fraction of sp³-hybridized carbons (Fsp3) is 0.357. The summed E-state index contributed by atoms with van der Waals surface area (Å²) in [5.41, 5.74) is 8.12. The summed E-state index contributed by atoms with van der Waals surface area (Å²) in [4.78, 5) is 13.1. The molecule has 1 aliphatic rings. The first-order chi connectivity index (χ1) is 10.2. The van der Waals surface area contributed by atoms with Crippen LogP contribution in [0.5, 0.6) is 5.75 Å². The van der Waals surface area contributed by atoms with Crippen LogP contribution in [0.1, 0.15) is 11.3 Å². The minimum absolute atomic E-state index is 0.518. The molecule has 7 heteroatoms. The van der Waals surface area contributed by atoms with Gasteiger partial charge in [-0.3, -0.25) is 4.98 Å². The zero-order valence-corrected chi connectivity index (χ0v) is 13.3. The van der Waals surface area contributed by atoms with Gasteiger partial charge in [-0.2, -0.15) is 0 Å². The Bertz CT molecular complexity index is 651. The number of nitrogens with two attached hydrogens (primary N) is 1. The molecule has 3 heterocycles. The number of ether oxygens (including phenoxy) is 1. The molecule has 0 radical (unpaired) electrons. The standard InChI is InChI=1S/C14H16N4OS2/c1-20-13-7-12(15)17-14(18-13)21-5-3-10-6-9-2-4-19-11(9)8-16-10/h6-8H,2-5H2,1H3,(H2,15,17,18). The van der Waals surface area contributed by atoms with E-state index >= 15 is 0 Å². The molecule has 0 atom stereocenters. The van der Waals surface area contributed by atoms with Gasteiger partial charge < -0.3 is 10.5 Å². The Hall–Kier alpha value is -1.47. The molecule has 2 N–H and O–H groups in total. The molecule has 1 aliphatic heterocycles. The molecule has 21 heavy (non-hydrogen) atoms. The normalized spacial score (nSPS) is 13.0. The minimum atomic E-state index is 0.518. The smallest absolute Gasteiger partial charge is 0.190 e. The van der Waals surface area contributed by atoms with Crippen molar-refractivity contribution in [3.8, 4) is 5.75 Å². The molecule has 0 amide bonds. The molecule has 0 aromatic carbocycles. The second kappa shape index (κ2) is 6.53. The summed E-state index contributed by atoms with van der Waals surface area (Å²) >= 11 is 3.18. The van der Waals surface area contributed by atoms with Crippen LogP contribution in [0.3, 0.4) is 0 Å². The molecule has 2 aromatic heterocycles. The summed E-state index contributed by atoms with van der Waals surface area (Å²) in [6.45, 7) is 0.768. The number of fused-ring (bicyclic) bond motifs is 1. The first-order valence-electron chi connectivity index (χ1n) is 6.66. The van der Waals surface area contributed by atoms with E-state index in [2.05, 4.69) is 21.0 Å². The molecule has 0 unspecified atom stereocenters. The molecule has 5 nitrogen and oxygen atoms in total. The number of thioether (sulfide) groups is 2. The van der Waals surface area contributed by atoms with Crippen LogP contribution in [0.25, 0.3) is 0 Å². The molecule has 0 fully saturated rings. The van der Waals surface area contributed by atoms with Crippen molar-refractivity contribution in [1.82, 2.24) is 15.0 Å². The lowest BCUT2D eigenvalue weighted by molar-refractivity contribution is 0.355. The topological polar surface area (TPSA) is 73.9 Å². The lowest BCUT2D eigenvalue weighted by Crippen LogP contribution is -1.98. The number of nitrogens with zero attached hydrogens (tertiary/aromatic N) is 3. The molecular weight excluding hydrogens is 304 g/mol. The van der Waals surface area contributed by atoms with Crippen molar-refractivity contribution in [2.75, 3.05) is 24.3 Å². The maximum absolute atomic E-state index is 5.78. The van der Waals surface area contributed by atoms with Crippen LogP contribution in [0.4, 0.5) is 5.82 Å². The Morgan fingerprint density at radius 3 is 3.10 bits per heavy atom. The van der Waals surface area contributed by atoms with Gasteiger partial charge in [0.2, 0.25) is 0 Å².